The van der Waals surface area contributed by atoms with Gasteiger partial charge in [-0.05, 0) is 73.4 Å². The number of para-hydroxylation sites is 2. The van der Waals surface area contributed by atoms with E-state index in [0.717, 1.165) is 46.6 Å². The van der Waals surface area contributed by atoms with Gasteiger partial charge < -0.3 is 9.15 Å². The smallest absolute Gasteiger partial charge is 0.256 e. The summed E-state index contributed by atoms with van der Waals surface area (Å²) in [7, 11) is 0. The van der Waals surface area contributed by atoms with Gasteiger partial charge in [0.05, 0.1) is 6.61 Å². The van der Waals surface area contributed by atoms with E-state index < -0.39 is 0 Å². The minimum atomic E-state index is -0.0176. The molecule has 4 rings (SSSR count). The zero-order valence-electron chi connectivity index (χ0n) is 18.0. The second-order valence-electron chi connectivity index (χ2n) is 7.43. The molecule has 4 aromatic rings. The predicted octanol–water partition coefficient (Wildman–Crippen LogP) is 6.98. The van der Waals surface area contributed by atoms with E-state index in [-0.39, 0.29) is 5.78 Å². The maximum Gasteiger partial charge on any atom is 0.256 e. The van der Waals surface area contributed by atoms with Crippen LogP contribution in [0.5, 0.6) is 5.75 Å². The Kier molecular flexibility index (Phi) is 7.41. The first-order chi connectivity index (χ1) is 15.7. The molecule has 32 heavy (non-hydrogen) atoms. The van der Waals surface area contributed by atoms with Gasteiger partial charge in [0, 0.05) is 11.3 Å². The maximum atomic E-state index is 12.4. The summed E-state index contributed by atoms with van der Waals surface area (Å²) in [5.74, 6) is 1.68. The number of carbonyl (C=O) groups excluding carboxylic acids is 1. The quantitative estimate of drug-likeness (QED) is 0.114. The van der Waals surface area contributed by atoms with Gasteiger partial charge in [0.2, 0.25) is 0 Å². The summed E-state index contributed by atoms with van der Waals surface area (Å²) >= 11 is 1.62. The van der Waals surface area contributed by atoms with Crippen LogP contribution in [0.1, 0.15) is 34.3 Å². The summed E-state index contributed by atoms with van der Waals surface area (Å²) in [6.07, 6.45) is 5.42. The van der Waals surface area contributed by atoms with Gasteiger partial charge >= 0.3 is 0 Å². The van der Waals surface area contributed by atoms with E-state index in [1.165, 1.54) is 0 Å². The summed E-state index contributed by atoms with van der Waals surface area (Å²) in [6, 6.07) is 23.1. The fourth-order valence-corrected chi connectivity index (χ4v) is 4.05. The number of hydrogen-bond acceptors (Lipinski definition) is 5. The minimum Gasteiger partial charge on any atom is -0.494 e. The van der Waals surface area contributed by atoms with Crippen LogP contribution in [0.3, 0.4) is 0 Å². The van der Waals surface area contributed by atoms with Crippen LogP contribution in [-0.2, 0) is 0 Å². The molecule has 0 unspecified atom stereocenters. The third kappa shape index (κ3) is 5.89. The molecule has 3 aromatic carbocycles. The Morgan fingerprint density at radius 3 is 2.59 bits per heavy atom. The highest BCUT2D eigenvalue weighted by molar-refractivity contribution is 7.99. The van der Waals surface area contributed by atoms with E-state index >= 15 is 0 Å². The number of allylic oxidation sites excluding steroid dienone is 1. The van der Waals surface area contributed by atoms with E-state index in [4.69, 9.17) is 9.15 Å². The fourth-order valence-electron chi connectivity index (χ4n) is 3.22. The summed E-state index contributed by atoms with van der Waals surface area (Å²) in [6.45, 7) is 2.67. The highest BCUT2D eigenvalue weighted by Crippen LogP contribution is 2.24. The lowest BCUT2D eigenvalue weighted by Gasteiger charge is -2.06. The van der Waals surface area contributed by atoms with Crippen LogP contribution in [0.25, 0.3) is 17.2 Å². The summed E-state index contributed by atoms with van der Waals surface area (Å²) in [4.78, 5) is 16.9. The number of thioether (sulfide) groups is 1. The van der Waals surface area contributed by atoms with Gasteiger partial charge in [0.15, 0.2) is 11.4 Å². The SMILES string of the molecule is Cc1ccccc1C=CC(=O)c1ccc(OCCCCSc2nc3ccccc3o2)cc1. The van der Waals surface area contributed by atoms with Crippen LogP contribution in [-0.4, -0.2) is 23.1 Å². The monoisotopic (exact) mass is 443 g/mol. The molecule has 4 nitrogen and oxygen atoms in total. The number of ketones is 1. The van der Waals surface area contributed by atoms with Gasteiger partial charge in [0.25, 0.3) is 5.22 Å². The molecule has 0 fully saturated rings. The van der Waals surface area contributed by atoms with Crippen molar-refractivity contribution in [2.75, 3.05) is 12.4 Å². The lowest BCUT2D eigenvalue weighted by Crippen LogP contribution is -1.99. The lowest BCUT2D eigenvalue weighted by molar-refractivity contribution is 0.104. The van der Waals surface area contributed by atoms with Crippen LogP contribution in [0.4, 0.5) is 0 Å². The molecule has 0 radical (unpaired) electrons. The van der Waals surface area contributed by atoms with Crippen molar-refractivity contribution in [1.82, 2.24) is 4.98 Å². The van der Waals surface area contributed by atoms with Crippen LogP contribution in [0, 0.1) is 6.92 Å². The van der Waals surface area contributed by atoms with E-state index in [0.29, 0.717) is 17.4 Å². The minimum absolute atomic E-state index is 0.0176. The Morgan fingerprint density at radius 1 is 1.00 bits per heavy atom. The molecule has 1 heterocycles. The zero-order chi connectivity index (χ0) is 22.2. The number of hydrogen-bond donors (Lipinski definition) is 0. The molecule has 0 saturated heterocycles. The number of carbonyl (C=O) groups is 1. The van der Waals surface area contributed by atoms with Crippen LogP contribution in [0.15, 0.2) is 88.5 Å². The number of unbranched alkanes of at least 4 members (excludes halogenated alkanes) is 1. The fraction of sp³-hybridized carbons (Fsp3) is 0.185. The average Bonchev–Trinajstić information content (AvgIpc) is 3.24. The molecule has 0 atom stereocenters. The van der Waals surface area contributed by atoms with Crippen molar-refractivity contribution >= 4 is 34.7 Å². The van der Waals surface area contributed by atoms with Crippen molar-refractivity contribution in [2.45, 2.75) is 25.0 Å². The molecule has 0 N–H and O–H groups in total. The van der Waals surface area contributed by atoms with Crippen molar-refractivity contribution < 1.29 is 13.9 Å². The highest BCUT2D eigenvalue weighted by Gasteiger charge is 2.06. The lowest BCUT2D eigenvalue weighted by atomic mass is 10.1. The standard InChI is InChI=1S/C27H25NO3S/c1-20-8-2-3-9-21(20)14-17-25(29)22-12-15-23(16-13-22)30-18-6-7-19-32-27-28-24-10-4-5-11-26(24)31-27/h2-5,8-17H,6-7,18-19H2,1H3. The molecule has 1 aromatic heterocycles. The Morgan fingerprint density at radius 2 is 1.78 bits per heavy atom. The topological polar surface area (TPSA) is 52.3 Å². The Balaban J connectivity index is 1.17. The molecule has 0 aliphatic heterocycles. The number of nitrogens with zero attached hydrogens (tertiary/aromatic N) is 1. The summed E-state index contributed by atoms with van der Waals surface area (Å²) in [5.41, 5.74) is 4.57. The number of fused-ring (bicyclic) bond motifs is 1. The van der Waals surface area contributed by atoms with Gasteiger partial charge in [-0.2, -0.15) is 0 Å². The molecule has 0 aliphatic rings. The van der Waals surface area contributed by atoms with Crippen LogP contribution in [0.2, 0.25) is 0 Å². The number of aryl methyl sites for hydroxylation is 1. The average molecular weight is 444 g/mol. The molecular weight excluding hydrogens is 418 g/mol. The summed E-state index contributed by atoms with van der Waals surface area (Å²) in [5, 5.41) is 0.712. The van der Waals surface area contributed by atoms with Crippen LogP contribution >= 0.6 is 11.8 Å². The molecular formula is C27H25NO3S. The number of aromatic nitrogens is 1. The molecule has 0 aliphatic carbocycles. The Bertz CT molecular complexity index is 1180. The van der Waals surface area contributed by atoms with Crippen molar-refractivity contribution in [3.63, 3.8) is 0 Å². The van der Waals surface area contributed by atoms with E-state index in [1.807, 2.05) is 85.8 Å². The predicted molar refractivity (Wildman–Crippen MR) is 130 cm³/mol. The number of benzene rings is 3. The Labute approximate surface area is 192 Å². The number of oxazole rings is 1. The molecule has 5 heteroatoms. The third-order valence-electron chi connectivity index (χ3n) is 5.05. The van der Waals surface area contributed by atoms with Gasteiger partial charge in [-0.1, -0.05) is 54.2 Å². The normalized spacial score (nSPS) is 11.3. The molecule has 0 amide bonds. The van der Waals surface area contributed by atoms with Crippen molar-refractivity contribution in [3.05, 3.63) is 95.6 Å². The van der Waals surface area contributed by atoms with E-state index in [1.54, 1.807) is 17.8 Å². The first-order valence-corrected chi connectivity index (χ1v) is 11.7. The van der Waals surface area contributed by atoms with Gasteiger partial charge in [-0.25, -0.2) is 4.98 Å². The number of ether oxygens (including phenoxy) is 1. The first-order valence-electron chi connectivity index (χ1n) is 10.7. The second-order valence-corrected chi connectivity index (χ2v) is 8.48. The Hall–Kier alpha value is -3.31. The third-order valence-corrected chi connectivity index (χ3v) is 5.96. The van der Waals surface area contributed by atoms with Crippen molar-refractivity contribution in [2.24, 2.45) is 0 Å². The van der Waals surface area contributed by atoms with Gasteiger partial charge in [-0.3, -0.25) is 4.79 Å². The molecule has 0 saturated carbocycles. The first kappa shape index (κ1) is 21.9. The van der Waals surface area contributed by atoms with Crippen LogP contribution < -0.4 is 4.74 Å². The molecule has 0 spiro atoms. The summed E-state index contributed by atoms with van der Waals surface area (Å²) < 4.78 is 11.5. The number of rotatable bonds is 10. The van der Waals surface area contributed by atoms with E-state index in [9.17, 15) is 4.79 Å². The molecule has 0 bridgehead atoms. The second kappa shape index (κ2) is 10.8. The van der Waals surface area contributed by atoms with Crippen molar-refractivity contribution in [1.29, 1.82) is 0 Å². The van der Waals surface area contributed by atoms with Crippen molar-refractivity contribution in [3.8, 4) is 5.75 Å². The van der Waals surface area contributed by atoms with Gasteiger partial charge in [0.1, 0.15) is 11.3 Å². The zero-order valence-corrected chi connectivity index (χ0v) is 18.8. The largest absolute Gasteiger partial charge is 0.494 e. The maximum absolute atomic E-state index is 12.4. The highest BCUT2D eigenvalue weighted by atomic mass is 32.2. The van der Waals surface area contributed by atoms with E-state index in [2.05, 4.69) is 4.98 Å². The molecule has 162 valence electrons. The van der Waals surface area contributed by atoms with Gasteiger partial charge in [-0.15, -0.1) is 0 Å².